The van der Waals surface area contributed by atoms with Crippen molar-refractivity contribution in [1.29, 1.82) is 0 Å². The van der Waals surface area contributed by atoms with Crippen molar-refractivity contribution in [1.82, 2.24) is 19.5 Å². The summed E-state index contributed by atoms with van der Waals surface area (Å²) in [7, 11) is 1.97. The van der Waals surface area contributed by atoms with E-state index in [1.807, 2.05) is 36.1 Å². The molecule has 0 unspecified atom stereocenters. The van der Waals surface area contributed by atoms with Crippen molar-refractivity contribution in [2.24, 2.45) is 7.05 Å². The molecule has 96 valence electrons. The maximum absolute atomic E-state index is 4.38. The third kappa shape index (κ3) is 2.14. The fourth-order valence-electron chi connectivity index (χ4n) is 2.08. The number of nitrogens with one attached hydrogen (secondary N) is 1. The molecule has 3 aromatic heterocycles. The van der Waals surface area contributed by atoms with Crippen LogP contribution in [0.4, 0.5) is 11.5 Å². The van der Waals surface area contributed by atoms with Crippen molar-refractivity contribution < 1.29 is 0 Å². The average Bonchev–Trinajstić information content (AvgIpc) is 2.81. The van der Waals surface area contributed by atoms with E-state index < -0.39 is 0 Å². The molecule has 3 aromatic rings. The van der Waals surface area contributed by atoms with Crippen LogP contribution in [-0.2, 0) is 13.5 Å². The minimum atomic E-state index is 0.804. The molecule has 3 heterocycles. The molecule has 0 fully saturated rings. The molecule has 0 amide bonds. The quantitative estimate of drug-likeness (QED) is 0.779. The Morgan fingerprint density at radius 3 is 3.00 bits per heavy atom. The summed E-state index contributed by atoms with van der Waals surface area (Å²) in [6, 6.07) is 4.01. The molecule has 0 radical (unpaired) electrons. The highest BCUT2D eigenvalue weighted by molar-refractivity contribution is 5.78. The maximum atomic E-state index is 4.38. The zero-order valence-electron chi connectivity index (χ0n) is 11.0. The van der Waals surface area contributed by atoms with Gasteiger partial charge >= 0.3 is 0 Å². The van der Waals surface area contributed by atoms with E-state index in [-0.39, 0.29) is 0 Å². The number of nitrogens with zero attached hydrogens (tertiary/aromatic N) is 4. The van der Waals surface area contributed by atoms with Crippen LogP contribution in [0.25, 0.3) is 11.0 Å². The number of hydrogen-bond donors (Lipinski definition) is 1. The molecule has 0 spiro atoms. The van der Waals surface area contributed by atoms with E-state index in [4.69, 9.17) is 0 Å². The van der Waals surface area contributed by atoms with Gasteiger partial charge in [0.25, 0.3) is 0 Å². The van der Waals surface area contributed by atoms with Crippen molar-refractivity contribution in [2.75, 3.05) is 5.32 Å². The Morgan fingerprint density at radius 1 is 1.26 bits per heavy atom. The molecule has 0 aliphatic heterocycles. The molecule has 0 aromatic carbocycles. The normalized spacial score (nSPS) is 10.8. The molecule has 3 rings (SSSR count). The van der Waals surface area contributed by atoms with Crippen LogP contribution in [0, 0.1) is 0 Å². The highest BCUT2D eigenvalue weighted by Gasteiger charge is 2.05. The Bertz CT molecular complexity index is 717. The zero-order chi connectivity index (χ0) is 13.2. The van der Waals surface area contributed by atoms with Gasteiger partial charge in [-0.25, -0.2) is 9.97 Å². The molecular formula is C14H15N5. The fourth-order valence-corrected chi connectivity index (χ4v) is 2.08. The highest BCUT2D eigenvalue weighted by atomic mass is 15.0. The SMILES string of the molecule is CCc1ccncc1Nc1cc2c(cn1)ncn2C. The lowest BCUT2D eigenvalue weighted by Crippen LogP contribution is -1.98. The van der Waals surface area contributed by atoms with Crippen molar-refractivity contribution in [3.05, 3.63) is 42.6 Å². The smallest absolute Gasteiger partial charge is 0.132 e. The first-order valence-corrected chi connectivity index (χ1v) is 6.25. The third-order valence-corrected chi connectivity index (χ3v) is 3.17. The van der Waals surface area contributed by atoms with Crippen LogP contribution in [0.1, 0.15) is 12.5 Å². The van der Waals surface area contributed by atoms with E-state index in [9.17, 15) is 0 Å². The molecule has 0 atom stereocenters. The molecule has 0 saturated heterocycles. The van der Waals surface area contributed by atoms with Crippen LogP contribution in [0.5, 0.6) is 0 Å². The second kappa shape index (κ2) is 4.68. The van der Waals surface area contributed by atoms with Gasteiger partial charge in [0, 0.05) is 19.3 Å². The van der Waals surface area contributed by atoms with Crippen LogP contribution < -0.4 is 5.32 Å². The van der Waals surface area contributed by atoms with E-state index in [0.717, 1.165) is 29.0 Å². The van der Waals surface area contributed by atoms with Crippen LogP contribution in [-0.4, -0.2) is 19.5 Å². The first kappa shape index (κ1) is 11.6. The largest absolute Gasteiger partial charge is 0.339 e. The van der Waals surface area contributed by atoms with Gasteiger partial charge in [-0.1, -0.05) is 6.92 Å². The number of anilines is 2. The molecule has 19 heavy (non-hydrogen) atoms. The Hall–Kier alpha value is -2.43. The van der Waals surface area contributed by atoms with Gasteiger partial charge < -0.3 is 9.88 Å². The third-order valence-electron chi connectivity index (χ3n) is 3.17. The number of aromatic nitrogens is 4. The summed E-state index contributed by atoms with van der Waals surface area (Å²) < 4.78 is 1.98. The monoisotopic (exact) mass is 253 g/mol. The lowest BCUT2D eigenvalue weighted by Gasteiger charge is -2.09. The number of hydrogen-bond acceptors (Lipinski definition) is 4. The topological polar surface area (TPSA) is 55.6 Å². The zero-order valence-corrected chi connectivity index (χ0v) is 11.0. The molecule has 0 aliphatic rings. The van der Waals surface area contributed by atoms with Crippen molar-refractivity contribution in [2.45, 2.75) is 13.3 Å². The van der Waals surface area contributed by atoms with Crippen molar-refractivity contribution in [3.63, 3.8) is 0 Å². The Balaban J connectivity index is 1.98. The van der Waals surface area contributed by atoms with Crippen LogP contribution >= 0.6 is 0 Å². The fraction of sp³-hybridized carbons (Fsp3) is 0.214. The first-order chi connectivity index (χ1) is 9.28. The summed E-state index contributed by atoms with van der Waals surface area (Å²) in [5.41, 5.74) is 4.18. The van der Waals surface area contributed by atoms with Crippen LogP contribution in [0.3, 0.4) is 0 Å². The number of rotatable bonds is 3. The number of aryl methyl sites for hydroxylation is 2. The van der Waals surface area contributed by atoms with E-state index in [0.29, 0.717) is 0 Å². The predicted octanol–water partition coefficient (Wildman–Crippen LogP) is 2.67. The van der Waals surface area contributed by atoms with Gasteiger partial charge in [0.15, 0.2) is 0 Å². The van der Waals surface area contributed by atoms with E-state index in [2.05, 4.69) is 27.2 Å². The van der Waals surface area contributed by atoms with Crippen LogP contribution in [0.2, 0.25) is 0 Å². The van der Waals surface area contributed by atoms with Gasteiger partial charge in [0.05, 0.1) is 29.9 Å². The van der Waals surface area contributed by atoms with E-state index in [1.165, 1.54) is 5.56 Å². The lowest BCUT2D eigenvalue weighted by atomic mass is 10.2. The number of pyridine rings is 2. The number of imidazole rings is 1. The second-order valence-corrected chi connectivity index (χ2v) is 4.43. The van der Waals surface area contributed by atoms with Gasteiger partial charge in [-0.2, -0.15) is 0 Å². The summed E-state index contributed by atoms with van der Waals surface area (Å²) in [6.07, 6.45) is 8.16. The summed E-state index contributed by atoms with van der Waals surface area (Å²) in [5.74, 6) is 0.804. The second-order valence-electron chi connectivity index (χ2n) is 4.43. The Morgan fingerprint density at radius 2 is 2.16 bits per heavy atom. The highest BCUT2D eigenvalue weighted by Crippen LogP contribution is 2.21. The Labute approximate surface area is 111 Å². The maximum Gasteiger partial charge on any atom is 0.132 e. The van der Waals surface area contributed by atoms with Gasteiger partial charge in [-0.3, -0.25) is 4.98 Å². The molecule has 0 bridgehead atoms. The average molecular weight is 253 g/mol. The van der Waals surface area contributed by atoms with E-state index >= 15 is 0 Å². The number of fused-ring (bicyclic) bond motifs is 1. The van der Waals surface area contributed by atoms with Gasteiger partial charge in [0.1, 0.15) is 11.3 Å². The molecule has 0 aliphatic carbocycles. The molecule has 5 heteroatoms. The lowest BCUT2D eigenvalue weighted by molar-refractivity contribution is 0.947. The molecule has 0 saturated carbocycles. The molecular weight excluding hydrogens is 238 g/mol. The minimum Gasteiger partial charge on any atom is -0.339 e. The van der Waals surface area contributed by atoms with Gasteiger partial charge in [-0.05, 0) is 18.1 Å². The predicted molar refractivity (Wildman–Crippen MR) is 75.4 cm³/mol. The summed E-state index contributed by atoms with van der Waals surface area (Å²) in [5, 5.41) is 3.32. The van der Waals surface area contributed by atoms with Crippen molar-refractivity contribution in [3.8, 4) is 0 Å². The standard InChI is InChI=1S/C14H15N5/c1-3-10-4-5-15-7-11(10)18-14-6-13-12(8-16-14)17-9-19(13)2/h4-9H,3H2,1-2H3,(H,16,18). The first-order valence-electron chi connectivity index (χ1n) is 6.25. The summed E-state index contributed by atoms with van der Waals surface area (Å²) >= 11 is 0. The van der Waals surface area contributed by atoms with Crippen molar-refractivity contribution >= 4 is 22.5 Å². The molecule has 5 nitrogen and oxygen atoms in total. The molecule has 1 N–H and O–H groups in total. The van der Waals surface area contributed by atoms with E-state index in [1.54, 1.807) is 12.5 Å². The summed E-state index contributed by atoms with van der Waals surface area (Å²) in [4.78, 5) is 12.8. The summed E-state index contributed by atoms with van der Waals surface area (Å²) in [6.45, 7) is 2.12. The van der Waals surface area contributed by atoms with Crippen LogP contribution in [0.15, 0.2) is 37.1 Å². The van der Waals surface area contributed by atoms with Gasteiger partial charge in [0.2, 0.25) is 0 Å². The van der Waals surface area contributed by atoms with Gasteiger partial charge in [-0.15, -0.1) is 0 Å². The minimum absolute atomic E-state index is 0.804. The Kier molecular flexibility index (Phi) is 2.87.